The second-order valence-electron chi connectivity index (χ2n) is 7.98. The number of hydrogen-bond acceptors (Lipinski definition) is 5. The highest BCUT2D eigenvalue weighted by molar-refractivity contribution is 7.90. The van der Waals surface area contributed by atoms with Gasteiger partial charge in [-0.3, -0.25) is 9.59 Å². The van der Waals surface area contributed by atoms with Crippen molar-refractivity contribution >= 4 is 21.8 Å². The quantitative estimate of drug-likeness (QED) is 0.740. The molecule has 1 N–H and O–H groups in total. The van der Waals surface area contributed by atoms with E-state index in [1.165, 1.54) is 12.1 Å². The molecule has 0 aromatic heterocycles. The summed E-state index contributed by atoms with van der Waals surface area (Å²) in [6, 6.07) is 13.5. The molecular formula is C23H26N2O5S. The van der Waals surface area contributed by atoms with Gasteiger partial charge in [-0.1, -0.05) is 44.2 Å². The van der Waals surface area contributed by atoms with Crippen molar-refractivity contribution in [3.05, 3.63) is 59.7 Å². The van der Waals surface area contributed by atoms with Crippen LogP contribution in [0.3, 0.4) is 0 Å². The smallest absolute Gasteiger partial charge is 0.269 e. The van der Waals surface area contributed by atoms with Crippen molar-refractivity contribution in [2.75, 3.05) is 6.54 Å². The third kappa shape index (κ3) is 3.69. The summed E-state index contributed by atoms with van der Waals surface area (Å²) in [5.74, 6) is -0.131. The van der Waals surface area contributed by atoms with Gasteiger partial charge in [0.2, 0.25) is 5.91 Å². The Hall–Kier alpha value is -2.87. The van der Waals surface area contributed by atoms with Gasteiger partial charge in [0.05, 0.1) is 11.6 Å². The number of fused-ring (bicyclic) bond motifs is 2. The Morgan fingerprint density at radius 1 is 1.13 bits per heavy atom. The highest BCUT2D eigenvalue weighted by Gasteiger charge is 2.42. The van der Waals surface area contributed by atoms with Gasteiger partial charge in [-0.2, -0.15) is 0 Å². The van der Waals surface area contributed by atoms with Crippen LogP contribution in [0.1, 0.15) is 61.5 Å². The molecule has 7 nitrogen and oxygen atoms in total. The van der Waals surface area contributed by atoms with Gasteiger partial charge >= 0.3 is 0 Å². The van der Waals surface area contributed by atoms with E-state index in [9.17, 15) is 18.0 Å². The first-order chi connectivity index (χ1) is 14.8. The average molecular weight is 443 g/mol. The van der Waals surface area contributed by atoms with Gasteiger partial charge in [0.1, 0.15) is 16.2 Å². The molecule has 0 aliphatic carbocycles. The topological polar surface area (TPSA) is 92.8 Å². The van der Waals surface area contributed by atoms with E-state index in [1.54, 1.807) is 12.1 Å². The summed E-state index contributed by atoms with van der Waals surface area (Å²) in [4.78, 5) is 25.3. The monoisotopic (exact) mass is 442 g/mol. The average Bonchev–Trinajstić information content (AvgIpc) is 2.97. The Kier molecular flexibility index (Phi) is 5.51. The Labute approximate surface area is 182 Å². The number of amides is 2. The SMILES string of the molecule is CCC1(CC)C[C@@H](NC(=O)CCN2C(=O)c3ccccc3S2(=O)=O)c2ccccc2O1. The van der Waals surface area contributed by atoms with E-state index >= 15 is 0 Å². The molecule has 8 heteroatoms. The van der Waals surface area contributed by atoms with E-state index < -0.39 is 15.9 Å². The molecular weight excluding hydrogens is 416 g/mol. The van der Waals surface area contributed by atoms with Crippen molar-refractivity contribution in [2.24, 2.45) is 0 Å². The lowest BCUT2D eigenvalue weighted by atomic mass is 9.83. The molecule has 164 valence electrons. The fourth-order valence-corrected chi connectivity index (χ4v) is 5.92. The molecule has 0 saturated heterocycles. The van der Waals surface area contributed by atoms with Gasteiger partial charge in [0.15, 0.2) is 0 Å². The van der Waals surface area contributed by atoms with Crippen LogP contribution in [-0.2, 0) is 14.8 Å². The van der Waals surface area contributed by atoms with Crippen LogP contribution in [0.5, 0.6) is 5.75 Å². The largest absolute Gasteiger partial charge is 0.487 e. The van der Waals surface area contributed by atoms with Crippen molar-refractivity contribution in [3.8, 4) is 5.75 Å². The highest BCUT2D eigenvalue weighted by Crippen LogP contribution is 2.42. The lowest BCUT2D eigenvalue weighted by molar-refractivity contribution is -0.122. The number of hydrogen-bond donors (Lipinski definition) is 1. The maximum absolute atomic E-state index is 12.8. The zero-order valence-corrected chi connectivity index (χ0v) is 18.4. The van der Waals surface area contributed by atoms with Crippen LogP contribution < -0.4 is 10.1 Å². The molecule has 2 aromatic carbocycles. The van der Waals surface area contributed by atoms with Crippen LogP contribution in [0.2, 0.25) is 0 Å². The lowest BCUT2D eigenvalue weighted by Gasteiger charge is -2.41. The Morgan fingerprint density at radius 3 is 2.52 bits per heavy atom. The van der Waals surface area contributed by atoms with Crippen molar-refractivity contribution < 1.29 is 22.7 Å². The van der Waals surface area contributed by atoms with Gasteiger partial charge in [-0.05, 0) is 31.0 Å². The molecule has 0 fully saturated rings. The van der Waals surface area contributed by atoms with E-state index in [1.807, 2.05) is 24.3 Å². The summed E-state index contributed by atoms with van der Waals surface area (Å²) in [6.07, 6.45) is 2.14. The van der Waals surface area contributed by atoms with Crippen LogP contribution in [0.4, 0.5) is 0 Å². The Balaban J connectivity index is 1.48. The standard InChI is InChI=1S/C23H26N2O5S/c1-3-23(4-2)15-18(16-9-5-7-11-19(16)30-23)24-21(26)13-14-25-22(27)17-10-6-8-12-20(17)31(25,28)29/h5-12,18H,3-4,13-15H2,1-2H3,(H,24,26)/t18-/m1/s1. The number of carbonyl (C=O) groups is 2. The number of rotatable bonds is 6. The minimum Gasteiger partial charge on any atom is -0.487 e. The zero-order valence-electron chi connectivity index (χ0n) is 17.6. The van der Waals surface area contributed by atoms with Gasteiger partial charge in [0, 0.05) is 24.9 Å². The number of benzene rings is 2. The minimum absolute atomic E-state index is 0.00515. The molecule has 0 spiro atoms. The van der Waals surface area contributed by atoms with Crippen molar-refractivity contribution in [1.29, 1.82) is 0 Å². The van der Waals surface area contributed by atoms with E-state index in [2.05, 4.69) is 19.2 Å². The summed E-state index contributed by atoms with van der Waals surface area (Å²) in [6.45, 7) is 3.94. The number of para-hydroxylation sites is 1. The summed E-state index contributed by atoms with van der Waals surface area (Å²) in [5.41, 5.74) is 0.699. The number of nitrogens with zero attached hydrogens (tertiary/aromatic N) is 1. The molecule has 2 aliphatic rings. The molecule has 4 rings (SSSR count). The Morgan fingerprint density at radius 2 is 1.81 bits per heavy atom. The highest BCUT2D eigenvalue weighted by atomic mass is 32.2. The second kappa shape index (κ2) is 8.00. The zero-order chi connectivity index (χ0) is 22.2. The molecule has 0 bridgehead atoms. The summed E-state index contributed by atoms with van der Waals surface area (Å²) in [7, 11) is -3.92. The maximum atomic E-state index is 12.8. The molecule has 0 unspecified atom stereocenters. The van der Waals surface area contributed by atoms with Crippen molar-refractivity contribution in [1.82, 2.24) is 9.62 Å². The first-order valence-corrected chi connectivity index (χ1v) is 12.0. The van der Waals surface area contributed by atoms with Crippen molar-refractivity contribution in [3.63, 3.8) is 0 Å². The number of sulfonamides is 1. The van der Waals surface area contributed by atoms with Gasteiger partial charge in [-0.15, -0.1) is 0 Å². The fraction of sp³-hybridized carbons (Fsp3) is 0.391. The van der Waals surface area contributed by atoms with Crippen LogP contribution in [0, 0.1) is 0 Å². The molecule has 1 atom stereocenters. The van der Waals surface area contributed by atoms with Gasteiger partial charge in [0.25, 0.3) is 15.9 Å². The fourth-order valence-electron chi connectivity index (χ4n) is 4.35. The third-order valence-corrected chi connectivity index (χ3v) is 8.12. The Bertz CT molecular complexity index is 1120. The van der Waals surface area contributed by atoms with Crippen LogP contribution >= 0.6 is 0 Å². The lowest BCUT2D eigenvalue weighted by Crippen LogP contribution is -2.45. The number of carbonyl (C=O) groups excluding carboxylic acids is 2. The van der Waals surface area contributed by atoms with Crippen LogP contribution in [0.25, 0.3) is 0 Å². The van der Waals surface area contributed by atoms with Gasteiger partial charge < -0.3 is 10.1 Å². The molecule has 2 amide bonds. The number of ether oxygens (including phenoxy) is 1. The first kappa shape index (κ1) is 21.4. The molecule has 31 heavy (non-hydrogen) atoms. The normalized spacial score (nSPS) is 20.5. The summed E-state index contributed by atoms with van der Waals surface area (Å²) >= 11 is 0. The first-order valence-electron chi connectivity index (χ1n) is 10.5. The molecule has 2 aromatic rings. The third-order valence-electron chi connectivity index (χ3n) is 6.27. The maximum Gasteiger partial charge on any atom is 0.269 e. The molecule has 0 saturated carbocycles. The summed E-state index contributed by atoms with van der Waals surface area (Å²) in [5, 5.41) is 3.03. The summed E-state index contributed by atoms with van der Waals surface area (Å²) < 4.78 is 32.4. The van der Waals surface area contributed by atoms with E-state index in [-0.39, 0.29) is 41.0 Å². The van der Waals surface area contributed by atoms with E-state index in [0.717, 1.165) is 28.5 Å². The predicted molar refractivity (Wildman–Crippen MR) is 115 cm³/mol. The van der Waals surface area contributed by atoms with Gasteiger partial charge in [-0.25, -0.2) is 12.7 Å². The molecule has 2 aliphatic heterocycles. The molecule has 2 heterocycles. The number of nitrogens with one attached hydrogen (secondary N) is 1. The van der Waals surface area contributed by atoms with Crippen molar-refractivity contribution in [2.45, 2.75) is 56.1 Å². The van der Waals surface area contributed by atoms with Crippen LogP contribution in [-0.4, -0.2) is 36.7 Å². The van der Waals surface area contributed by atoms with Crippen LogP contribution in [0.15, 0.2) is 53.4 Å². The second-order valence-corrected chi connectivity index (χ2v) is 9.81. The van der Waals surface area contributed by atoms with E-state index in [4.69, 9.17) is 4.74 Å². The predicted octanol–water partition coefficient (Wildman–Crippen LogP) is 3.42. The van der Waals surface area contributed by atoms with E-state index in [0.29, 0.717) is 6.42 Å². The minimum atomic E-state index is -3.92. The molecule has 0 radical (unpaired) electrons.